The highest BCUT2D eigenvalue weighted by Gasteiger charge is 2.09. The Labute approximate surface area is 90.2 Å². The zero-order chi connectivity index (χ0) is 9.97. The van der Waals surface area contributed by atoms with Crippen molar-refractivity contribution in [1.82, 2.24) is 4.98 Å². The molecule has 0 aliphatic rings. The molecule has 0 N–H and O–H groups in total. The predicted molar refractivity (Wildman–Crippen MR) is 59.2 cm³/mol. The van der Waals surface area contributed by atoms with Crippen LogP contribution in [-0.2, 0) is 6.42 Å². The van der Waals surface area contributed by atoms with Gasteiger partial charge < -0.3 is 0 Å². The third-order valence-electron chi connectivity index (χ3n) is 1.82. The molecule has 2 rings (SSSR count). The van der Waals surface area contributed by atoms with E-state index in [0.29, 0.717) is 6.42 Å². The maximum absolute atomic E-state index is 11.7. The molecular weight excluding hydrogens is 214 g/mol. The first-order valence-corrected chi connectivity index (χ1v) is 6.04. The van der Waals surface area contributed by atoms with Crippen LogP contribution >= 0.6 is 22.7 Å². The van der Waals surface area contributed by atoms with E-state index in [1.165, 1.54) is 0 Å². The maximum Gasteiger partial charge on any atom is 0.170 e. The van der Waals surface area contributed by atoms with Crippen LogP contribution in [0.25, 0.3) is 0 Å². The number of hydrogen-bond donors (Lipinski definition) is 0. The fourth-order valence-corrected chi connectivity index (χ4v) is 2.58. The van der Waals surface area contributed by atoms with Gasteiger partial charge in [0.1, 0.15) is 5.01 Å². The first-order valence-electron chi connectivity index (χ1n) is 4.22. The van der Waals surface area contributed by atoms with Crippen LogP contribution in [0, 0.1) is 6.92 Å². The van der Waals surface area contributed by atoms with Crippen molar-refractivity contribution in [1.29, 1.82) is 0 Å². The molecule has 0 radical (unpaired) electrons. The maximum atomic E-state index is 11.7. The molecule has 0 aromatic carbocycles. The van der Waals surface area contributed by atoms with Gasteiger partial charge in [-0.15, -0.1) is 11.3 Å². The number of hydrogen-bond acceptors (Lipinski definition) is 4. The van der Waals surface area contributed by atoms with Gasteiger partial charge in [-0.1, -0.05) is 0 Å². The van der Waals surface area contributed by atoms with Crippen molar-refractivity contribution >= 4 is 28.5 Å². The minimum atomic E-state index is 0.153. The van der Waals surface area contributed by atoms with Crippen molar-refractivity contribution in [2.75, 3.05) is 0 Å². The highest BCUT2D eigenvalue weighted by atomic mass is 32.1. The second-order valence-corrected chi connectivity index (χ2v) is 4.72. The minimum absolute atomic E-state index is 0.153. The van der Waals surface area contributed by atoms with E-state index in [-0.39, 0.29) is 5.78 Å². The number of thiazole rings is 1. The Morgan fingerprint density at radius 2 is 2.36 bits per heavy atom. The van der Waals surface area contributed by atoms with E-state index in [2.05, 4.69) is 4.98 Å². The Balaban J connectivity index is 2.09. The van der Waals surface area contributed by atoms with Gasteiger partial charge in [-0.25, -0.2) is 4.98 Å². The number of Topliss-reactive ketones (excluding diaryl/α,β-unsaturated/α-hetero) is 1. The summed E-state index contributed by atoms with van der Waals surface area (Å²) in [5, 5.41) is 6.66. The number of ketones is 1. The molecule has 0 spiro atoms. The van der Waals surface area contributed by atoms with Crippen molar-refractivity contribution in [2.45, 2.75) is 13.3 Å². The average molecular weight is 223 g/mol. The molecule has 0 saturated heterocycles. The number of thiophene rings is 1. The molecule has 4 heteroatoms. The van der Waals surface area contributed by atoms with E-state index in [0.717, 1.165) is 16.3 Å². The zero-order valence-electron chi connectivity index (χ0n) is 7.69. The van der Waals surface area contributed by atoms with Crippen LogP contribution in [0.1, 0.15) is 21.1 Å². The molecule has 2 aromatic heterocycles. The molecule has 2 nitrogen and oxygen atoms in total. The van der Waals surface area contributed by atoms with Crippen molar-refractivity contribution in [3.05, 3.63) is 38.5 Å². The number of rotatable bonds is 3. The monoisotopic (exact) mass is 223 g/mol. The summed E-state index contributed by atoms with van der Waals surface area (Å²) in [6, 6.07) is 1.85. The first kappa shape index (κ1) is 9.55. The van der Waals surface area contributed by atoms with Crippen LogP contribution in [0.5, 0.6) is 0 Å². The van der Waals surface area contributed by atoms with Gasteiger partial charge in [0.15, 0.2) is 5.78 Å². The predicted octanol–water partition coefficient (Wildman–Crippen LogP) is 2.94. The van der Waals surface area contributed by atoms with E-state index in [1.54, 1.807) is 22.7 Å². The molecule has 0 atom stereocenters. The SMILES string of the molecule is Cc1csc(CC(=O)c2ccsc2)n1. The lowest BCUT2D eigenvalue weighted by Gasteiger charge is -1.93. The van der Waals surface area contributed by atoms with Crippen molar-refractivity contribution in [3.8, 4) is 0 Å². The molecule has 2 aromatic rings. The van der Waals surface area contributed by atoms with Gasteiger partial charge in [-0.2, -0.15) is 11.3 Å². The van der Waals surface area contributed by atoms with Crippen LogP contribution in [0.15, 0.2) is 22.2 Å². The van der Waals surface area contributed by atoms with Crippen molar-refractivity contribution in [2.24, 2.45) is 0 Å². The second kappa shape index (κ2) is 4.02. The molecule has 0 aliphatic carbocycles. The lowest BCUT2D eigenvalue weighted by Crippen LogP contribution is -2.01. The molecule has 0 unspecified atom stereocenters. The molecule has 0 fully saturated rings. The van der Waals surface area contributed by atoms with Gasteiger partial charge in [0.2, 0.25) is 0 Å². The third-order valence-corrected chi connectivity index (χ3v) is 3.47. The Hall–Kier alpha value is -1.00. The fourth-order valence-electron chi connectivity index (χ4n) is 1.15. The summed E-state index contributed by atoms with van der Waals surface area (Å²) >= 11 is 3.09. The molecule has 0 amide bonds. The Bertz CT molecular complexity index is 431. The summed E-state index contributed by atoms with van der Waals surface area (Å²) in [5.41, 5.74) is 1.78. The molecule has 0 aliphatic heterocycles. The van der Waals surface area contributed by atoms with E-state index in [4.69, 9.17) is 0 Å². The van der Waals surface area contributed by atoms with Crippen LogP contribution in [0.4, 0.5) is 0 Å². The minimum Gasteiger partial charge on any atom is -0.294 e. The number of aryl methyl sites for hydroxylation is 1. The van der Waals surface area contributed by atoms with Crippen LogP contribution in [0.3, 0.4) is 0 Å². The van der Waals surface area contributed by atoms with E-state index < -0.39 is 0 Å². The van der Waals surface area contributed by atoms with E-state index in [1.807, 2.05) is 29.1 Å². The summed E-state index contributed by atoms with van der Waals surface area (Å²) in [6.07, 6.45) is 0.426. The Kier molecular flexibility index (Phi) is 2.74. The largest absolute Gasteiger partial charge is 0.294 e. The zero-order valence-corrected chi connectivity index (χ0v) is 9.32. The highest BCUT2D eigenvalue weighted by molar-refractivity contribution is 7.09. The lowest BCUT2D eigenvalue weighted by atomic mass is 10.2. The molecule has 0 saturated carbocycles. The van der Waals surface area contributed by atoms with Gasteiger partial charge in [0.05, 0.1) is 6.42 Å². The van der Waals surface area contributed by atoms with Gasteiger partial charge in [0, 0.05) is 22.0 Å². The number of carbonyl (C=O) groups is 1. The molecule has 72 valence electrons. The van der Waals surface area contributed by atoms with Crippen molar-refractivity contribution in [3.63, 3.8) is 0 Å². The van der Waals surface area contributed by atoms with Gasteiger partial charge in [-0.05, 0) is 18.4 Å². The third kappa shape index (κ3) is 2.08. The van der Waals surface area contributed by atoms with Crippen LogP contribution in [0.2, 0.25) is 0 Å². The molecular formula is C10H9NOS2. The Morgan fingerprint density at radius 1 is 1.50 bits per heavy atom. The summed E-state index contributed by atoms with van der Waals surface area (Å²) in [5.74, 6) is 0.153. The number of carbonyl (C=O) groups excluding carboxylic acids is 1. The van der Waals surface area contributed by atoms with E-state index in [9.17, 15) is 4.79 Å². The average Bonchev–Trinajstić information content (AvgIpc) is 2.75. The van der Waals surface area contributed by atoms with Crippen LogP contribution in [-0.4, -0.2) is 10.8 Å². The fraction of sp³-hybridized carbons (Fsp3) is 0.200. The van der Waals surface area contributed by atoms with Crippen LogP contribution < -0.4 is 0 Å². The quantitative estimate of drug-likeness (QED) is 0.749. The van der Waals surface area contributed by atoms with Gasteiger partial charge in [-0.3, -0.25) is 4.79 Å². The summed E-state index contributed by atoms with van der Waals surface area (Å²) in [6.45, 7) is 1.94. The summed E-state index contributed by atoms with van der Waals surface area (Å²) in [4.78, 5) is 15.9. The smallest absolute Gasteiger partial charge is 0.170 e. The first-order chi connectivity index (χ1) is 6.75. The number of nitrogens with zero attached hydrogens (tertiary/aromatic N) is 1. The number of aromatic nitrogens is 1. The second-order valence-electron chi connectivity index (χ2n) is 2.99. The standard InChI is InChI=1S/C10H9NOS2/c1-7-5-14-10(11-7)4-9(12)8-2-3-13-6-8/h2-3,5-6H,4H2,1H3. The highest BCUT2D eigenvalue weighted by Crippen LogP contribution is 2.14. The molecule has 0 bridgehead atoms. The summed E-state index contributed by atoms with van der Waals surface area (Å²) in [7, 11) is 0. The van der Waals surface area contributed by atoms with Crippen molar-refractivity contribution < 1.29 is 4.79 Å². The molecule has 2 heterocycles. The van der Waals surface area contributed by atoms with Gasteiger partial charge >= 0.3 is 0 Å². The normalized spacial score (nSPS) is 10.4. The van der Waals surface area contributed by atoms with Gasteiger partial charge in [0.25, 0.3) is 0 Å². The topological polar surface area (TPSA) is 30.0 Å². The molecule has 14 heavy (non-hydrogen) atoms. The van der Waals surface area contributed by atoms with E-state index >= 15 is 0 Å². The lowest BCUT2D eigenvalue weighted by molar-refractivity contribution is 0.0993. The Morgan fingerprint density at radius 3 is 2.93 bits per heavy atom. The summed E-state index contributed by atoms with van der Waals surface area (Å²) < 4.78 is 0.